The maximum atomic E-state index is 11.5. The molecule has 0 bridgehead atoms. The Labute approximate surface area is 183 Å². The minimum absolute atomic E-state index is 0. The molecule has 0 saturated heterocycles. The molecule has 0 aliphatic carbocycles. The molecule has 10 heteroatoms. The zero-order valence-corrected chi connectivity index (χ0v) is 18.6. The predicted octanol–water partition coefficient (Wildman–Crippen LogP) is 1.72. The summed E-state index contributed by atoms with van der Waals surface area (Å²) in [6, 6.07) is 11.6. The predicted molar refractivity (Wildman–Crippen MR) is 92.6 cm³/mol. The Balaban J connectivity index is 0.00000144. The number of fused-ring (bicyclic) bond motifs is 2. The Bertz CT molecular complexity index is 1040. The molecule has 24 heavy (non-hydrogen) atoms. The average Bonchev–Trinajstić information content (AvgIpc) is 2.41. The summed E-state index contributed by atoms with van der Waals surface area (Å²) in [5.74, 6) is 0. The molecule has 0 saturated carbocycles. The SMILES string of the molecule is O=S(=O)(O)c1cccc2cc3cccc(S(=O)(=O)O)c3cc12.[Na].[Na]. The minimum atomic E-state index is -4.46. The smallest absolute Gasteiger partial charge is 0.282 e. The standard InChI is InChI=1S/C14H10O6S2.2Na/c15-21(16,17)13-5-1-3-9-7-10-4-2-6-14(22(18,19)20)12(10)8-11(9)13;;/h1-8H,(H,15,16,17)(H,18,19,20);;. The van der Waals surface area contributed by atoms with E-state index in [0.717, 1.165) is 0 Å². The summed E-state index contributed by atoms with van der Waals surface area (Å²) >= 11 is 0. The van der Waals surface area contributed by atoms with Crippen molar-refractivity contribution in [2.45, 2.75) is 9.79 Å². The molecule has 3 aromatic carbocycles. The normalized spacial score (nSPS) is 11.8. The topological polar surface area (TPSA) is 109 Å². The fraction of sp³-hybridized carbons (Fsp3) is 0. The maximum absolute atomic E-state index is 11.5. The fourth-order valence-corrected chi connectivity index (χ4v) is 3.85. The van der Waals surface area contributed by atoms with E-state index in [0.29, 0.717) is 10.8 Å². The molecule has 0 aliphatic rings. The van der Waals surface area contributed by atoms with Crippen molar-refractivity contribution in [3.05, 3.63) is 48.5 Å². The van der Waals surface area contributed by atoms with Crippen LogP contribution in [0.5, 0.6) is 0 Å². The molecule has 0 amide bonds. The molecule has 2 radical (unpaired) electrons. The summed E-state index contributed by atoms with van der Waals surface area (Å²) in [4.78, 5) is -0.644. The second-order valence-corrected chi connectivity index (χ2v) is 7.54. The summed E-state index contributed by atoms with van der Waals surface area (Å²) < 4.78 is 64.4. The third-order valence-electron chi connectivity index (χ3n) is 3.36. The van der Waals surface area contributed by atoms with Gasteiger partial charge < -0.3 is 0 Å². The number of hydrogen-bond acceptors (Lipinski definition) is 4. The quantitative estimate of drug-likeness (QED) is 0.396. The first-order chi connectivity index (χ1) is 10.2. The van der Waals surface area contributed by atoms with Crippen molar-refractivity contribution in [2.75, 3.05) is 0 Å². The van der Waals surface area contributed by atoms with E-state index in [1.54, 1.807) is 18.2 Å². The van der Waals surface area contributed by atoms with Gasteiger partial charge in [-0.15, -0.1) is 0 Å². The van der Waals surface area contributed by atoms with Gasteiger partial charge in [0, 0.05) is 69.9 Å². The maximum Gasteiger partial charge on any atom is 0.295 e. The van der Waals surface area contributed by atoms with Crippen molar-refractivity contribution in [2.24, 2.45) is 0 Å². The van der Waals surface area contributed by atoms with Gasteiger partial charge in [-0.1, -0.05) is 24.3 Å². The first kappa shape index (κ1) is 22.0. The summed E-state index contributed by atoms with van der Waals surface area (Å²) in [5.41, 5.74) is 0. The molecule has 6 nitrogen and oxygen atoms in total. The van der Waals surface area contributed by atoms with Gasteiger partial charge in [-0.25, -0.2) is 0 Å². The van der Waals surface area contributed by atoms with E-state index in [9.17, 15) is 25.9 Å². The molecule has 0 atom stereocenters. The van der Waals surface area contributed by atoms with Crippen LogP contribution < -0.4 is 0 Å². The summed E-state index contributed by atoms with van der Waals surface area (Å²) in [7, 11) is -8.92. The van der Waals surface area contributed by atoms with Gasteiger partial charge in [0.2, 0.25) is 0 Å². The Hall–Kier alpha value is 0.000000000000000888. The molecule has 0 unspecified atom stereocenters. The molecule has 0 aliphatic heterocycles. The van der Waals surface area contributed by atoms with E-state index in [1.807, 2.05) is 0 Å². The van der Waals surface area contributed by atoms with Crippen LogP contribution in [0.3, 0.4) is 0 Å². The number of hydrogen-bond donors (Lipinski definition) is 2. The average molecular weight is 384 g/mol. The number of rotatable bonds is 2. The van der Waals surface area contributed by atoms with Gasteiger partial charge in [-0.05, 0) is 35.0 Å². The van der Waals surface area contributed by atoms with Crippen LogP contribution in [-0.2, 0) is 20.2 Å². The Morgan fingerprint density at radius 1 is 0.625 bits per heavy atom. The molecule has 0 spiro atoms. The van der Waals surface area contributed by atoms with Crippen molar-refractivity contribution >= 4 is 101 Å². The first-order valence-electron chi connectivity index (χ1n) is 6.08. The third-order valence-corrected chi connectivity index (χ3v) is 5.18. The summed E-state index contributed by atoms with van der Waals surface area (Å²) in [6.07, 6.45) is 0. The fourth-order valence-electron chi connectivity index (χ4n) is 2.44. The second-order valence-electron chi connectivity index (χ2n) is 4.76. The van der Waals surface area contributed by atoms with Gasteiger partial charge in [-0.3, -0.25) is 9.11 Å². The third kappa shape index (κ3) is 4.21. The molecular formula is C14H10Na2O6S2. The van der Waals surface area contributed by atoms with E-state index in [-0.39, 0.29) is 79.7 Å². The minimum Gasteiger partial charge on any atom is -0.282 e. The molecule has 0 heterocycles. The van der Waals surface area contributed by atoms with Gasteiger partial charge in [0.1, 0.15) is 9.79 Å². The van der Waals surface area contributed by atoms with E-state index in [4.69, 9.17) is 0 Å². The monoisotopic (exact) mass is 384 g/mol. The van der Waals surface area contributed by atoms with Crippen molar-refractivity contribution < 1.29 is 25.9 Å². The van der Waals surface area contributed by atoms with Crippen LogP contribution >= 0.6 is 0 Å². The molecule has 0 fully saturated rings. The molecule has 2 N–H and O–H groups in total. The Morgan fingerprint density at radius 2 is 1.00 bits per heavy atom. The zero-order valence-electron chi connectivity index (χ0n) is 13.0. The second kappa shape index (κ2) is 7.71. The van der Waals surface area contributed by atoms with E-state index >= 15 is 0 Å². The molecule has 3 aromatic rings. The van der Waals surface area contributed by atoms with Crippen molar-refractivity contribution in [3.63, 3.8) is 0 Å². The van der Waals surface area contributed by atoms with Crippen molar-refractivity contribution in [3.8, 4) is 0 Å². The molecule has 3 rings (SSSR count). The Morgan fingerprint density at radius 3 is 1.33 bits per heavy atom. The first-order valence-corrected chi connectivity index (χ1v) is 8.96. The van der Waals surface area contributed by atoms with E-state index < -0.39 is 20.2 Å². The zero-order chi connectivity index (χ0) is 16.1. The molecule has 116 valence electrons. The summed E-state index contributed by atoms with van der Waals surface area (Å²) in [5, 5.41) is 1.40. The van der Waals surface area contributed by atoms with Crippen LogP contribution in [0.4, 0.5) is 0 Å². The van der Waals surface area contributed by atoms with Gasteiger partial charge in [0.15, 0.2) is 0 Å². The molecular weight excluding hydrogens is 374 g/mol. The molecule has 0 aromatic heterocycles. The van der Waals surface area contributed by atoms with E-state index in [2.05, 4.69) is 0 Å². The van der Waals surface area contributed by atoms with Gasteiger partial charge in [0.05, 0.1) is 0 Å². The van der Waals surface area contributed by atoms with Crippen LogP contribution in [0, 0.1) is 0 Å². The van der Waals surface area contributed by atoms with Gasteiger partial charge >= 0.3 is 0 Å². The van der Waals surface area contributed by atoms with E-state index in [1.165, 1.54) is 30.3 Å². The number of benzene rings is 3. The van der Waals surface area contributed by atoms with Crippen molar-refractivity contribution in [1.82, 2.24) is 0 Å². The van der Waals surface area contributed by atoms with Crippen LogP contribution in [0.1, 0.15) is 0 Å². The van der Waals surface area contributed by atoms with Crippen LogP contribution in [0.15, 0.2) is 58.3 Å². The largest absolute Gasteiger partial charge is 0.295 e. The van der Waals surface area contributed by atoms with Crippen LogP contribution in [0.2, 0.25) is 0 Å². The Kier molecular flexibility index (Phi) is 7.08. The van der Waals surface area contributed by atoms with Gasteiger partial charge in [0.25, 0.3) is 20.2 Å². The van der Waals surface area contributed by atoms with Gasteiger partial charge in [-0.2, -0.15) is 16.8 Å². The van der Waals surface area contributed by atoms with Crippen molar-refractivity contribution in [1.29, 1.82) is 0 Å². The summed E-state index contributed by atoms with van der Waals surface area (Å²) in [6.45, 7) is 0. The van der Waals surface area contributed by atoms with Crippen LogP contribution in [-0.4, -0.2) is 85.1 Å². The van der Waals surface area contributed by atoms with Crippen LogP contribution in [0.25, 0.3) is 21.5 Å².